The number of rotatable bonds is 4. The molecule has 2 aromatic carbocycles. The zero-order chi connectivity index (χ0) is 16.2. The lowest BCUT2D eigenvalue weighted by atomic mass is 10.2. The smallest absolute Gasteiger partial charge is 0.234 e. The van der Waals surface area contributed by atoms with Crippen LogP contribution in [0.25, 0.3) is 11.0 Å². The molecule has 4 nitrogen and oxygen atoms in total. The summed E-state index contributed by atoms with van der Waals surface area (Å²) in [5, 5.41) is 3.63. The molecule has 0 atom stereocenters. The van der Waals surface area contributed by atoms with Gasteiger partial charge in [-0.25, -0.2) is 4.98 Å². The molecule has 23 heavy (non-hydrogen) atoms. The minimum Gasteiger partial charge on any atom is -0.324 e. The summed E-state index contributed by atoms with van der Waals surface area (Å²) < 4.78 is 0.876. The molecular formula is C17H14BrN3OS. The molecule has 0 aliphatic carbocycles. The van der Waals surface area contributed by atoms with Gasteiger partial charge < -0.3 is 5.32 Å². The van der Waals surface area contributed by atoms with Gasteiger partial charge >= 0.3 is 0 Å². The third-order valence-corrected chi connectivity index (χ3v) is 4.73. The third kappa shape index (κ3) is 4.09. The van der Waals surface area contributed by atoms with Gasteiger partial charge in [-0.15, -0.1) is 0 Å². The van der Waals surface area contributed by atoms with E-state index in [1.54, 1.807) is 6.20 Å². The summed E-state index contributed by atoms with van der Waals surface area (Å²) in [5.41, 5.74) is 3.59. The van der Waals surface area contributed by atoms with Gasteiger partial charge in [-0.05, 0) is 52.7 Å². The first-order valence-electron chi connectivity index (χ1n) is 7.02. The number of anilines is 1. The lowest BCUT2D eigenvalue weighted by molar-refractivity contribution is -0.113. The number of fused-ring (bicyclic) bond motifs is 1. The third-order valence-electron chi connectivity index (χ3n) is 3.18. The van der Waals surface area contributed by atoms with Crippen molar-refractivity contribution in [3.63, 3.8) is 0 Å². The average molecular weight is 388 g/mol. The molecule has 0 saturated heterocycles. The SMILES string of the molecule is Cc1ccc(NC(=O)CSc2cnc3ccccc3n2)c(Br)c1. The summed E-state index contributed by atoms with van der Waals surface area (Å²) in [7, 11) is 0. The van der Waals surface area contributed by atoms with E-state index in [1.165, 1.54) is 11.8 Å². The Hall–Kier alpha value is -1.92. The molecule has 1 amide bonds. The van der Waals surface area contributed by atoms with Gasteiger partial charge in [0.15, 0.2) is 0 Å². The Morgan fingerprint density at radius 1 is 1.22 bits per heavy atom. The summed E-state index contributed by atoms with van der Waals surface area (Å²) in [6.45, 7) is 2.00. The molecule has 6 heteroatoms. The lowest BCUT2D eigenvalue weighted by Gasteiger charge is -2.08. The molecule has 0 fully saturated rings. The highest BCUT2D eigenvalue weighted by molar-refractivity contribution is 9.10. The minimum atomic E-state index is -0.0745. The van der Waals surface area contributed by atoms with Crippen molar-refractivity contribution < 1.29 is 4.79 Å². The Morgan fingerprint density at radius 3 is 2.78 bits per heavy atom. The molecule has 116 valence electrons. The summed E-state index contributed by atoms with van der Waals surface area (Å²) in [6, 6.07) is 13.5. The number of aromatic nitrogens is 2. The van der Waals surface area contributed by atoms with Crippen molar-refractivity contribution in [1.82, 2.24) is 9.97 Å². The van der Waals surface area contributed by atoms with E-state index in [4.69, 9.17) is 0 Å². The summed E-state index contributed by atoms with van der Waals surface area (Å²) in [6.07, 6.45) is 1.70. The molecule has 1 heterocycles. The molecule has 0 unspecified atom stereocenters. The van der Waals surface area contributed by atoms with Crippen molar-refractivity contribution in [2.75, 3.05) is 11.1 Å². The van der Waals surface area contributed by atoms with Crippen LogP contribution in [-0.2, 0) is 4.79 Å². The maximum Gasteiger partial charge on any atom is 0.234 e. The fourth-order valence-corrected chi connectivity index (χ4v) is 3.29. The molecule has 3 aromatic rings. The van der Waals surface area contributed by atoms with Crippen LogP contribution < -0.4 is 5.32 Å². The molecule has 1 aromatic heterocycles. The van der Waals surface area contributed by atoms with E-state index in [0.29, 0.717) is 0 Å². The van der Waals surface area contributed by atoms with Crippen LogP contribution in [0.5, 0.6) is 0 Å². The molecular weight excluding hydrogens is 374 g/mol. The van der Waals surface area contributed by atoms with Crippen LogP contribution in [-0.4, -0.2) is 21.6 Å². The van der Waals surface area contributed by atoms with Gasteiger partial charge in [0.1, 0.15) is 5.03 Å². The quantitative estimate of drug-likeness (QED) is 0.672. The second-order valence-corrected chi connectivity index (χ2v) is 6.87. The number of halogens is 1. The minimum absolute atomic E-state index is 0.0745. The van der Waals surface area contributed by atoms with E-state index >= 15 is 0 Å². The number of thioether (sulfide) groups is 1. The normalized spacial score (nSPS) is 10.7. The first-order valence-corrected chi connectivity index (χ1v) is 8.80. The Bertz CT molecular complexity index is 869. The monoisotopic (exact) mass is 387 g/mol. The van der Waals surface area contributed by atoms with E-state index in [9.17, 15) is 4.79 Å². The summed E-state index contributed by atoms with van der Waals surface area (Å²) >= 11 is 4.83. The second kappa shape index (κ2) is 7.10. The number of carbonyl (C=O) groups is 1. The van der Waals surface area contributed by atoms with Gasteiger partial charge in [-0.2, -0.15) is 0 Å². The maximum absolute atomic E-state index is 12.1. The van der Waals surface area contributed by atoms with Gasteiger partial charge in [-0.3, -0.25) is 9.78 Å². The van der Waals surface area contributed by atoms with Crippen LogP contribution >= 0.6 is 27.7 Å². The predicted octanol–water partition coefficient (Wildman–Crippen LogP) is 4.43. The van der Waals surface area contributed by atoms with Gasteiger partial charge in [0, 0.05) is 4.47 Å². The fraction of sp³-hybridized carbons (Fsp3) is 0.118. The number of aryl methyl sites for hydroxylation is 1. The van der Waals surface area contributed by atoms with E-state index in [2.05, 4.69) is 31.2 Å². The molecule has 0 bridgehead atoms. The number of amides is 1. The fourth-order valence-electron chi connectivity index (χ4n) is 2.06. The van der Waals surface area contributed by atoms with Crippen LogP contribution in [0.15, 0.2) is 58.2 Å². The largest absolute Gasteiger partial charge is 0.324 e. The van der Waals surface area contributed by atoms with Crippen molar-refractivity contribution >= 4 is 50.3 Å². The number of para-hydroxylation sites is 2. The number of nitrogens with one attached hydrogen (secondary N) is 1. The molecule has 0 radical (unpaired) electrons. The highest BCUT2D eigenvalue weighted by atomic mass is 79.9. The molecule has 0 aliphatic rings. The van der Waals surface area contributed by atoms with Crippen molar-refractivity contribution in [2.45, 2.75) is 11.9 Å². The topological polar surface area (TPSA) is 54.9 Å². The number of benzene rings is 2. The first kappa shape index (κ1) is 16.0. The molecule has 0 saturated carbocycles. The Balaban J connectivity index is 1.63. The molecule has 0 spiro atoms. The standard InChI is InChI=1S/C17H14BrN3OS/c1-11-6-7-13(12(18)8-11)20-16(22)10-23-17-9-19-14-4-2-3-5-15(14)21-17/h2-9H,10H2,1H3,(H,20,22). The highest BCUT2D eigenvalue weighted by Crippen LogP contribution is 2.24. The van der Waals surface area contributed by atoms with Crippen LogP contribution in [0.4, 0.5) is 5.69 Å². The molecule has 0 aliphatic heterocycles. The molecule has 1 N–H and O–H groups in total. The maximum atomic E-state index is 12.1. The van der Waals surface area contributed by atoms with Crippen molar-refractivity contribution in [3.8, 4) is 0 Å². The number of nitrogens with zero attached hydrogens (tertiary/aromatic N) is 2. The summed E-state index contributed by atoms with van der Waals surface area (Å²) in [4.78, 5) is 20.9. The Morgan fingerprint density at radius 2 is 2.00 bits per heavy atom. The van der Waals surface area contributed by atoms with Crippen molar-refractivity contribution in [1.29, 1.82) is 0 Å². The number of carbonyl (C=O) groups excluding carboxylic acids is 1. The summed E-state index contributed by atoms with van der Waals surface area (Å²) in [5.74, 6) is 0.211. The Kier molecular flexibility index (Phi) is 4.93. The lowest BCUT2D eigenvalue weighted by Crippen LogP contribution is -2.14. The van der Waals surface area contributed by atoms with Crippen molar-refractivity contribution in [3.05, 3.63) is 58.7 Å². The van der Waals surface area contributed by atoms with E-state index in [-0.39, 0.29) is 11.7 Å². The van der Waals surface area contributed by atoms with Gasteiger partial charge in [0.25, 0.3) is 0 Å². The van der Waals surface area contributed by atoms with E-state index in [1.807, 2.05) is 49.4 Å². The number of hydrogen-bond donors (Lipinski definition) is 1. The van der Waals surface area contributed by atoms with Crippen LogP contribution in [0.1, 0.15) is 5.56 Å². The van der Waals surface area contributed by atoms with Crippen LogP contribution in [0, 0.1) is 6.92 Å². The van der Waals surface area contributed by atoms with E-state index < -0.39 is 0 Å². The van der Waals surface area contributed by atoms with Gasteiger partial charge in [0.05, 0.1) is 28.7 Å². The van der Waals surface area contributed by atoms with E-state index in [0.717, 1.165) is 31.8 Å². The van der Waals surface area contributed by atoms with Gasteiger partial charge in [0.2, 0.25) is 5.91 Å². The molecule has 3 rings (SSSR count). The van der Waals surface area contributed by atoms with Crippen LogP contribution in [0.2, 0.25) is 0 Å². The second-order valence-electron chi connectivity index (χ2n) is 5.02. The van der Waals surface area contributed by atoms with Crippen molar-refractivity contribution in [2.24, 2.45) is 0 Å². The van der Waals surface area contributed by atoms with Gasteiger partial charge in [-0.1, -0.05) is 30.0 Å². The predicted molar refractivity (Wildman–Crippen MR) is 97.8 cm³/mol. The zero-order valence-electron chi connectivity index (χ0n) is 12.4. The highest BCUT2D eigenvalue weighted by Gasteiger charge is 2.08. The first-order chi connectivity index (χ1) is 11.1. The zero-order valence-corrected chi connectivity index (χ0v) is 14.8. The van der Waals surface area contributed by atoms with Crippen LogP contribution in [0.3, 0.4) is 0 Å². The average Bonchev–Trinajstić information content (AvgIpc) is 2.55. The Labute approximate surface area is 146 Å². The number of hydrogen-bond acceptors (Lipinski definition) is 4.